The van der Waals surface area contributed by atoms with Crippen LogP contribution in [0.4, 0.5) is 5.69 Å². The highest BCUT2D eigenvalue weighted by molar-refractivity contribution is 6.06. The van der Waals surface area contributed by atoms with Gasteiger partial charge in [0.2, 0.25) is 0 Å². The Kier molecular flexibility index (Phi) is 4.15. The molecule has 0 fully saturated rings. The van der Waals surface area contributed by atoms with Crippen LogP contribution in [0, 0.1) is 0 Å². The average molecular weight is 343 g/mol. The van der Waals surface area contributed by atoms with Gasteiger partial charge in [0, 0.05) is 16.6 Å². The summed E-state index contributed by atoms with van der Waals surface area (Å²) in [7, 11) is 1.58. The van der Waals surface area contributed by atoms with Crippen LogP contribution in [0.25, 0.3) is 22.1 Å². The first-order chi connectivity index (χ1) is 12.8. The molecule has 0 saturated heterocycles. The van der Waals surface area contributed by atoms with Gasteiger partial charge < -0.3 is 14.5 Å². The van der Waals surface area contributed by atoms with Crippen LogP contribution in [0.15, 0.2) is 83.3 Å². The quantitative estimate of drug-likeness (QED) is 0.542. The number of nitrogens with one attached hydrogen (secondary N) is 1. The largest absolute Gasteiger partial charge is 0.493 e. The van der Waals surface area contributed by atoms with Crippen molar-refractivity contribution < 1.29 is 13.9 Å². The molecule has 1 heterocycles. The van der Waals surface area contributed by atoms with E-state index >= 15 is 0 Å². The molecule has 0 saturated carbocycles. The van der Waals surface area contributed by atoms with Gasteiger partial charge in [0.15, 0.2) is 17.1 Å². The van der Waals surface area contributed by atoms with Gasteiger partial charge in [0.25, 0.3) is 5.91 Å². The number of fused-ring (bicyclic) bond motifs is 1. The van der Waals surface area contributed by atoms with E-state index in [1.807, 2.05) is 66.7 Å². The number of hydrogen-bond donors (Lipinski definition) is 1. The standard InChI is InChI=1S/C22H17NO3/c1-25-19-13-7-10-16-14-20(26-21(16)19)22(24)23-18-12-6-5-11-17(18)15-8-3-2-4-9-15/h2-14H,1H3,(H,23,24). The minimum absolute atomic E-state index is 0.243. The molecule has 0 spiro atoms. The Morgan fingerprint density at radius 1 is 0.923 bits per heavy atom. The van der Waals surface area contributed by atoms with Crippen molar-refractivity contribution in [1.82, 2.24) is 0 Å². The molecular weight excluding hydrogens is 326 g/mol. The zero-order chi connectivity index (χ0) is 17.9. The summed E-state index contributed by atoms with van der Waals surface area (Å²) in [5.41, 5.74) is 3.29. The molecule has 1 aromatic heterocycles. The molecule has 3 aromatic carbocycles. The van der Waals surface area contributed by atoms with Crippen LogP contribution < -0.4 is 10.1 Å². The van der Waals surface area contributed by atoms with Gasteiger partial charge in [-0.3, -0.25) is 4.79 Å². The maximum atomic E-state index is 12.7. The Bertz CT molecular complexity index is 1070. The van der Waals surface area contributed by atoms with Gasteiger partial charge in [-0.15, -0.1) is 0 Å². The molecule has 4 heteroatoms. The van der Waals surface area contributed by atoms with E-state index in [1.54, 1.807) is 19.2 Å². The van der Waals surface area contributed by atoms with Crippen molar-refractivity contribution in [1.29, 1.82) is 0 Å². The smallest absolute Gasteiger partial charge is 0.291 e. The second-order valence-corrected chi connectivity index (χ2v) is 5.86. The Balaban J connectivity index is 1.68. The summed E-state index contributed by atoms with van der Waals surface area (Å²) in [6.45, 7) is 0. The van der Waals surface area contributed by atoms with Crippen LogP contribution >= 0.6 is 0 Å². The first-order valence-electron chi connectivity index (χ1n) is 8.28. The zero-order valence-electron chi connectivity index (χ0n) is 14.2. The van der Waals surface area contributed by atoms with Crippen LogP contribution in [0.5, 0.6) is 5.75 Å². The Labute approximate surface area is 151 Å². The summed E-state index contributed by atoms with van der Waals surface area (Å²) in [5, 5.41) is 3.78. The molecule has 0 unspecified atom stereocenters. The monoisotopic (exact) mass is 343 g/mol. The molecule has 0 aliphatic rings. The molecule has 128 valence electrons. The summed E-state index contributed by atoms with van der Waals surface area (Å²) in [4.78, 5) is 12.7. The van der Waals surface area contributed by atoms with Crippen molar-refractivity contribution in [2.75, 3.05) is 12.4 Å². The summed E-state index contributed by atoms with van der Waals surface area (Å²) < 4.78 is 11.0. The minimum atomic E-state index is -0.299. The molecule has 4 aromatic rings. The SMILES string of the molecule is COc1cccc2cc(C(=O)Nc3ccccc3-c3ccccc3)oc12. The lowest BCUT2D eigenvalue weighted by Crippen LogP contribution is -2.11. The Morgan fingerprint density at radius 3 is 2.50 bits per heavy atom. The first kappa shape index (κ1) is 16.0. The maximum absolute atomic E-state index is 12.7. The van der Waals surface area contributed by atoms with Gasteiger partial charge in [-0.05, 0) is 23.8 Å². The van der Waals surface area contributed by atoms with Gasteiger partial charge in [-0.1, -0.05) is 60.7 Å². The van der Waals surface area contributed by atoms with Crippen molar-refractivity contribution in [2.45, 2.75) is 0 Å². The van der Waals surface area contributed by atoms with E-state index < -0.39 is 0 Å². The number of amides is 1. The molecule has 4 rings (SSSR count). The number of carbonyl (C=O) groups is 1. The number of methoxy groups -OCH3 is 1. The maximum Gasteiger partial charge on any atom is 0.291 e. The third-order valence-corrected chi connectivity index (χ3v) is 4.21. The van der Waals surface area contributed by atoms with E-state index in [-0.39, 0.29) is 11.7 Å². The van der Waals surface area contributed by atoms with Gasteiger partial charge in [-0.2, -0.15) is 0 Å². The molecule has 0 bridgehead atoms. The van der Waals surface area contributed by atoms with Gasteiger partial charge in [-0.25, -0.2) is 0 Å². The number of furan rings is 1. The van der Waals surface area contributed by atoms with Gasteiger partial charge in [0.1, 0.15) is 0 Å². The summed E-state index contributed by atoms with van der Waals surface area (Å²) in [5.74, 6) is 0.547. The first-order valence-corrected chi connectivity index (χ1v) is 8.28. The van der Waals surface area contributed by atoms with Crippen LogP contribution in [-0.4, -0.2) is 13.0 Å². The average Bonchev–Trinajstić information content (AvgIpc) is 3.13. The number of ether oxygens (including phenoxy) is 1. The zero-order valence-corrected chi connectivity index (χ0v) is 14.2. The van der Waals surface area contributed by atoms with E-state index in [9.17, 15) is 4.79 Å². The van der Waals surface area contributed by atoms with Crippen LogP contribution in [0.1, 0.15) is 10.6 Å². The molecule has 0 radical (unpaired) electrons. The second kappa shape index (κ2) is 6.76. The summed E-state index contributed by atoms with van der Waals surface area (Å²) in [6, 6.07) is 24.9. The summed E-state index contributed by atoms with van der Waals surface area (Å²) in [6.07, 6.45) is 0. The lowest BCUT2D eigenvalue weighted by atomic mass is 10.0. The fourth-order valence-corrected chi connectivity index (χ4v) is 2.95. The van der Waals surface area contributed by atoms with E-state index in [0.29, 0.717) is 11.3 Å². The number of hydrogen-bond acceptors (Lipinski definition) is 3. The van der Waals surface area contributed by atoms with E-state index in [0.717, 1.165) is 22.2 Å². The predicted molar refractivity (Wildman–Crippen MR) is 103 cm³/mol. The topological polar surface area (TPSA) is 51.5 Å². The Hall–Kier alpha value is -3.53. The number of anilines is 1. The number of rotatable bonds is 4. The highest BCUT2D eigenvalue weighted by Crippen LogP contribution is 2.31. The van der Waals surface area contributed by atoms with E-state index in [1.165, 1.54) is 0 Å². The van der Waals surface area contributed by atoms with Crippen LogP contribution in [0.2, 0.25) is 0 Å². The second-order valence-electron chi connectivity index (χ2n) is 5.86. The highest BCUT2D eigenvalue weighted by Gasteiger charge is 2.16. The Morgan fingerprint density at radius 2 is 1.69 bits per heavy atom. The lowest BCUT2D eigenvalue weighted by molar-refractivity contribution is 0.0998. The van der Waals surface area contributed by atoms with Crippen molar-refractivity contribution >= 4 is 22.6 Å². The van der Waals surface area contributed by atoms with Crippen LogP contribution in [0.3, 0.4) is 0 Å². The highest BCUT2D eigenvalue weighted by atomic mass is 16.5. The molecule has 0 atom stereocenters. The molecule has 0 aliphatic carbocycles. The fraction of sp³-hybridized carbons (Fsp3) is 0.0455. The third-order valence-electron chi connectivity index (χ3n) is 4.21. The minimum Gasteiger partial charge on any atom is -0.493 e. The molecule has 1 amide bonds. The molecule has 0 aliphatic heterocycles. The van der Waals surface area contributed by atoms with E-state index in [2.05, 4.69) is 5.32 Å². The number of para-hydroxylation sites is 2. The normalized spacial score (nSPS) is 10.7. The number of benzene rings is 3. The van der Waals surface area contributed by atoms with Crippen molar-refractivity contribution in [3.05, 3.63) is 84.6 Å². The van der Waals surface area contributed by atoms with Crippen molar-refractivity contribution in [2.24, 2.45) is 0 Å². The van der Waals surface area contributed by atoms with Crippen LogP contribution in [-0.2, 0) is 0 Å². The lowest BCUT2D eigenvalue weighted by Gasteiger charge is -2.10. The predicted octanol–water partition coefficient (Wildman–Crippen LogP) is 5.36. The molecule has 1 N–H and O–H groups in total. The molecular formula is C22H17NO3. The van der Waals surface area contributed by atoms with Crippen molar-refractivity contribution in [3.8, 4) is 16.9 Å². The molecule has 26 heavy (non-hydrogen) atoms. The third kappa shape index (κ3) is 2.93. The summed E-state index contributed by atoms with van der Waals surface area (Å²) >= 11 is 0. The fourth-order valence-electron chi connectivity index (χ4n) is 2.95. The number of carbonyl (C=O) groups excluding carboxylic acids is 1. The van der Waals surface area contributed by atoms with Gasteiger partial charge in [0.05, 0.1) is 7.11 Å². The van der Waals surface area contributed by atoms with E-state index in [4.69, 9.17) is 9.15 Å². The van der Waals surface area contributed by atoms with Gasteiger partial charge >= 0.3 is 0 Å². The van der Waals surface area contributed by atoms with Crippen molar-refractivity contribution in [3.63, 3.8) is 0 Å². The molecule has 4 nitrogen and oxygen atoms in total.